The van der Waals surface area contributed by atoms with Crippen molar-refractivity contribution in [3.05, 3.63) is 101 Å². The highest BCUT2D eigenvalue weighted by Gasteiger charge is 2.18. The Kier molecular flexibility index (Phi) is 6.64. The number of hydrogen-bond donors (Lipinski definition) is 1. The number of carbonyl (C=O) groups is 3. The van der Waals surface area contributed by atoms with Gasteiger partial charge in [-0.1, -0.05) is 42.5 Å². The van der Waals surface area contributed by atoms with E-state index in [1.54, 1.807) is 24.3 Å². The minimum absolute atomic E-state index is 0.0337. The Hall–Kier alpha value is -3.87. The van der Waals surface area contributed by atoms with Crippen molar-refractivity contribution in [3.8, 4) is 0 Å². The first kappa shape index (κ1) is 20.9. The van der Waals surface area contributed by atoms with Gasteiger partial charge in [0, 0.05) is 0 Å². The number of para-hydroxylation sites is 1. The Morgan fingerprint density at radius 1 is 0.833 bits per heavy atom. The number of carbonyl (C=O) groups excluding carboxylic acids is 3. The van der Waals surface area contributed by atoms with Crippen molar-refractivity contribution in [2.45, 2.75) is 6.42 Å². The highest BCUT2D eigenvalue weighted by atomic mass is 19.1. The molecule has 0 atom stereocenters. The third-order valence-corrected chi connectivity index (χ3v) is 4.19. The lowest BCUT2D eigenvalue weighted by atomic mass is 10.1. The summed E-state index contributed by atoms with van der Waals surface area (Å²) in [6.07, 6.45) is 0.113. The van der Waals surface area contributed by atoms with E-state index in [-0.39, 0.29) is 23.6 Å². The summed E-state index contributed by atoms with van der Waals surface area (Å²) in [5.74, 6) is -3.79. The molecule has 1 N–H and O–H groups in total. The largest absolute Gasteiger partial charge is 0.454 e. The molecule has 0 aromatic heterocycles. The van der Waals surface area contributed by atoms with Gasteiger partial charge in [0.2, 0.25) is 11.7 Å². The van der Waals surface area contributed by atoms with Crippen LogP contribution in [0.4, 0.5) is 14.5 Å². The zero-order chi connectivity index (χ0) is 21.5. The number of halogens is 2. The molecule has 0 saturated heterocycles. The maximum absolute atomic E-state index is 13.7. The van der Waals surface area contributed by atoms with Gasteiger partial charge in [-0.2, -0.15) is 0 Å². The summed E-state index contributed by atoms with van der Waals surface area (Å²) in [4.78, 5) is 36.7. The summed E-state index contributed by atoms with van der Waals surface area (Å²) in [6.45, 7) is -0.772. The quantitative estimate of drug-likeness (QED) is 0.469. The van der Waals surface area contributed by atoms with Crippen LogP contribution in [0.1, 0.15) is 26.3 Å². The monoisotopic (exact) mass is 409 g/mol. The molecule has 5 nitrogen and oxygen atoms in total. The molecule has 0 heterocycles. The second-order valence-corrected chi connectivity index (χ2v) is 6.38. The first-order chi connectivity index (χ1) is 14.4. The molecule has 0 bridgehead atoms. The van der Waals surface area contributed by atoms with Crippen LogP contribution in [0.2, 0.25) is 0 Å². The Balaban J connectivity index is 1.66. The van der Waals surface area contributed by atoms with Gasteiger partial charge in [0.05, 0.1) is 23.2 Å². The molecule has 0 aliphatic rings. The summed E-state index contributed by atoms with van der Waals surface area (Å²) >= 11 is 0. The first-order valence-electron chi connectivity index (χ1n) is 9.02. The van der Waals surface area contributed by atoms with E-state index in [1.165, 1.54) is 12.1 Å². The van der Waals surface area contributed by atoms with Crippen molar-refractivity contribution in [2.75, 3.05) is 11.9 Å². The Morgan fingerprint density at radius 2 is 1.53 bits per heavy atom. The lowest BCUT2D eigenvalue weighted by Crippen LogP contribution is -2.19. The number of Topliss-reactive ketones (excluding diaryl/α,β-unsaturated/α-hetero) is 1. The average Bonchev–Trinajstić information content (AvgIpc) is 2.74. The molecule has 3 aromatic rings. The Labute approximate surface area is 171 Å². The van der Waals surface area contributed by atoms with Crippen LogP contribution in [-0.4, -0.2) is 24.3 Å². The number of rotatable bonds is 7. The maximum atomic E-state index is 13.7. The molecule has 0 unspecified atom stereocenters. The molecule has 1 amide bonds. The third kappa shape index (κ3) is 5.35. The van der Waals surface area contributed by atoms with Crippen molar-refractivity contribution in [1.29, 1.82) is 0 Å². The maximum Gasteiger partial charge on any atom is 0.340 e. The van der Waals surface area contributed by atoms with E-state index in [0.717, 1.165) is 23.8 Å². The predicted octanol–water partition coefficient (Wildman–Crippen LogP) is 4.19. The fourth-order valence-corrected chi connectivity index (χ4v) is 2.74. The number of esters is 1. The minimum atomic E-state index is -0.911. The van der Waals surface area contributed by atoms with Crippen LogP contribution in [-0.2, 0) is 16.0 Å². The van der Waals surface area contributed by atoms with E-state index in [0.29, 0.717) is 0 Å². The normalized spacial score (nSPS) is 10.3. The number of ether oxygens (including phenoxy) is 1. The number of ketones is 1. The van der Waals surface area contributed by atoms with Crippen LogP contribution in [0, 0.1) is 11.6 Å². The van der Waals surface area contributed by atoms with Crippen LogP contribution in [0.3, 0.4) is 0 Å². The summed E-state index contributed by atoms with van der Waals surface area (Å²) in [5, 5.41) is 2.64. The molecule has 0 saturated carbocycles. The van der Waals surface area contributed by atoms with Gasteiger partial charge >= 0.3 is 5.97 Å². The highest BCUT2D eigenvalue weighted by Crippen LogP contribution is 2.18. The van der Waals surface area contributed by atoms with Gasteiger partial charge in [0.25, 0.3) is 0 Å². The molecule has 0 radical (unpaired) electrons. The molecule has 3 rings (SSSR count). The van der Waals surface area contributed by atoms with Gasteiger partial charge in [-0.15, -0.1) is 0 Å². The smallest absolute Gasteiger partial charge is 0.340 e. The van der Waals surface area contributed by atoms with Gasteiger partial charge in [-0.3, -0.25) is 9.59 Å². The number of anilines is 1. The van der Waals surface area contributed by atoms with Gasteiger partial charge in [0.15, 0.2) is 6.61 Å². The highest BCUT2D eigenvalue weighted by molar-refractivity contribution is 6.03. The second-order valence-electron chi connectivity index (χ2n) is 6.38. The summed E-state index contributed by atoms with van der Waals surface area (Å²) in [6, 6.07) is 17.6. The van der Waals surface area contributed by atoms with E-state index >= 15 is 0 Å². The van der Waals surface area contributed by atoms with Crippen molar-refractivity contribution in [1.82, 2.24) is 0 Å². The molecule has 7 heteroatoms. The molecular formula is C23H17F2NO4. The third-order valence-electron chi connectivity index (χ3n) is 4.19. The molecular weight excluding hydrogens is 392 g/mol. The van der Waals surface area contributed by atoms with Crippen LogP contribution in [0.25, 0.3) is 0 Å². The summed E-state index contributed by atoms with van der Waals surface area (Å²) in [7, 11) is 0. The molecule has 0 aliphatic heterocycles. The summed E-state index contributed by atoms with van der Waals surface area (Å²) < 4.78 is 31.9. The topological polar surface area (TPSA) is 72.5 Å². The average molecular weight is 409 g/mol. The number of benzene rings is 3. The lowest BCUT2D eigenvalue weighted by Gasteiger charge is -2.11. The van der Waals surface area contributed by atoms with Gasteiger partial charge in [0.1, 0.15) is 11.6 Å². The first-order valence-corrected chi connectivity index (χ1v) is 9.02. The Morgan fingerprint density at radius 3 is 2.30 bits per heavy atom. The van der Waals surface area contributed by atoms with Crippen LogP contribution in [0.15, 0.2) is 72.8 Å². The van der Waals surface area contributed by atoms with Crippen LogP contribution < -0.4 is 5.32 Å². The van der Waals surface area contributed by atoms with E-state index in [9.17, 15) is 23.2 Å². The second kappa shape index (κ2) is 9.56. The molecule has 0 spiro atoms. The molecule has 3 aromatic carbocycles. The molecule has 152 valence electrons. The lowest BCUT2D eigenvalue weighted by molar-refractivity contribution is -0.115. The SMILES string of the molecule is O=C(Cc1ccccc1)Nc1ccccc1C(=O)OCC(=O)c1cc(F)ccc1F. The van der Waals surface area contributed by atoms with E-state index < -0.39 is 35.6 Å². The molecule has 0 aliphatic carbocycles. The van der Waals surface area contributed by atoms with Crippen LogP contribution in [0.5, 0.6) is 0 Å². The fraction of sp³-hybridized carbons (Fsp3) is 0.0870. The van der Waals surface area contributed by atoms with Gasteiger partial charge in [-0.25, -0.2) is 13.6 Å². The Bertz CT molecular complexity index is 1080. The van der Waals surface area contributed by atoms with Crippen molar-refractivity contribution in [3.63, 3.8) is 0 Å². The summed E-state index contributed by atoms with van der Waals surface area (Å²) in [5.41, 5.74) is 0.546. The zero-order valence-electron chi connectivity index (χ0n) is 15.7. The van der Waals surface area contributed by atoms with Crippen molar-refractivity contribution in [2.24, 2.45) is 0 Å². The zero-order valence-corrected chi connectivity index (χ0v) is 15.7. The fourth-order valence-electron chi connectivity index (χ4n) is 2.74. The molecule has 0 fully saturated rings. The number of hydrogen-bond acceptors (Lipinski definition) is 4. The van der Waals surface area contributed by atoms with Crippen molar-refractivity contribution < 1.29 is 27.9 Å². The van der Waals surface area contributed by atoms with Gasteiger partial charge < -0.3 is 10.1 Å². The van der Waals surface area contributed by atoms with E-state index in [1.807, 2.05) is 18.2 Å². The van der Waals surface area contributed by atoms with Crippen molar-refractivity contribution >= 4 is 23.3 Å². The molecule has 30 heavy (non-hydrogen) atoms. The number of nitrogens with one attached hydrogen (secondary N) is 1. The minimum Gasteiger partial charge on any atom is -0.454 e. The van der Waals surface area contributed by atoms with Gasteiger partial charge in [-0.05, 0) is 35.9 Å². The van der Waals surface area contributed by atoms with Crippen LogP contribution >= 0.6 is 0 Å². The predicted molar refractivity (Wildman–Crippen MR) is 106 cm³/mol. The number of amides is 1. The van der Waals surface area contributed by atoms with E-state index in [2.05, 4.69) is 5.32 Å². The standard InChI is InChI=1S/C23H17F2NO4/c24-16-10-11-19(25)18(13-16)21(27)14-30-23(29)17-8-4-5-9-20(17)26-22(28)12-15-6-2-1-3-7-15/h1-11,13H,12,14H2,(H,26,28). The van der Waals surface area contributed by atoms with E-state index in [4.69, 9.17) is 4.74 Å².